The molecule has 0 unspecified atom stereocenters. The van der Waals surface area contributed by atoms with Crippen molar-refractivity contribution in [2.75, 3.05) is 19.8 Å². The first kappa shape index (κ1) is 29.1. The van der Waals surface area contributed by atoms with Crippen LogP contribution in [-0.4, -0.2) is 38.5 Å². The molecule has 0 bridgehead atoms. The molecule has 3 aromatic carbocycles. The van der Waals surface area contributed by atoms with Gasteiger partial charge in [-0.15, -0.1) is 0 Å². The summed E-state index contributed by atoms with van der Waals surface area (Å²) in [6, 6.07) is 15.4. The molecule has 1 saturated carbocycles. The van der Waals surface area contributed by atoms with Gasteiger partial charge in [-0.1, -0.05) is 37.1 Å². The number of carbonyl (C=O) groups excluding carboxylic acids is 1. The molecule has 3 aromatic rings. The summed E-state index contributed by atoms with van der Waals surface area (Å²) in [7, 11) is -3.91. The van der Waals surface area contributed by atoms with Gasteiger partial charge in [-0.25, -0.2) is 13.2 Å². The number of aryl methyl sites for hydroxylation is 1. The molecular formula is C31H32F3NO5S. The van der Waals surface area contributed by atoms with Crippen molar-refractivity contribution in [2.24, 2.45) is 0 Å². The number of sulfonamides is 1. The fourth-order valence-electron chi connectivity index (χ4n) is 6.05. The number of hydrogen-bond acceptors (Lipinski definition) is 5. The van der Waals surface area contributed by atoms with Crippen LogP contribution in [0.3, 0.4) is 0 Å². The maximum Gasteiger partial charge on any atom is 0.416 e. The van der Waals surface area contributed by atoms with Crippen molar-refractivity contribution in [3.05, 3.63) is 82.9 Å². The molecule has 41 heavy (non-hydrogen) atoms. The molecule has 0 saturated heterocycles. The third-order valence-corrected chi connectivity index (χ3v) is 9.81. The van der Waals surface area contributed by atoms with Crippen molar-refractivity contribution in [1.29, 1.82) is 0 Å². The highest BCUT2D eigenvalue weighted by Gasteiger charge is 2.45. The Balaban J connectivity index is 1.47. The van der Waals surface area contributed by atoms with Crippen molar-refractivity contribution in [1.82, 2.24) is 4.31 Å². The van der Waals surface area contributed by atoms with Gasteiger partial charge in [-0.2, -0.15) is 17.5 Å². The Morgan fingerprint density at radius 3 is 2.41 bits per heavy atom. The van der Waals surface area contributed by atoms with Crippen molar-refractivity contribution in [3.63, 3.8) is 0 Å². The number of alkyl halides is 3. The third kappa shape index (κ3) is 5.85. The number of fused-ring (bicyclic) bond motifs is 2. The smallest absolute Gasteiger partial charge is 0.416 e. The number of halogens is 3. The highest BCUT2D eigenvalue weighted by molar-refractivity contribution is 7.89. The minimum absolute atomic E-state index is 0.115. The zero-order valence-electron chi connectivity index (χ0n) is 23.0. The number of esters is 1. The summed E-state index contributed by atoms with van der Waals surface area (Å²) < 4.78 is 79.9. The van der Waals surface area contributed by atoms with Crippen LogP contribution in [0.1, 0.15) is 54.9 Å². The molecule has 1 aliphatic carbocycles. The fraction of sp³-hybridized carbons (Fsp3) is 0.387. The van der Waals surface area contributed by atoms with Gasteiger partial charge in [0.15, 0.2) is 6.61 Å². The molecule has 0 amide bonds. The maximum atomic E-state index is 13.9. The van der Waals surface area contributed by atoms with Crippen LogP contribution in [0.2, 0.25) is 0 Å². The molecule has 2 aliphatic rings. The Morgan fingerprint density at radius 2 is 1.73 bits per heavy atom. The Bertz CT molecular complexity index is 1560. The molecule has 0 radical (unpaired) electrons. The Kier molecular flexibility index (Phi) is 7.91. The van der Waals surface area contributed by atoms with Crippen LogP contribution in [0, 0.1) is 6.92 Å². The van der Waals surface area contributed by atoms with E-state index in [4.69, 9.17) is 9.47 Å². The predicted molar refractivity (Wildman–Crippen MR) is 148 cm³/mol. The van der Waals surface area contributed by atoms with Gasteiger partial charge < -0.3 is 9.47 Å². The second-order valence-corrected chi connectivity index (χ2v) is 12.7. The number of nitrogens with zero attached hydrogens (tertiary/aromatic N) is 1. The van der Waals surface area contributed by atoms with Gasteiger partial charge >= 0.3 is 12.1 Å². The lowest BCUT2D eigenvalue weighted by Gasteiger charge is -2.41. The van der Waals surface area contributed by atoms with Gasteiger partial charge in [0.1, 0.15) is 5.75 Å². The Labute approximate surface area is 238 Å². The number of rotatable bonds is 7. The number of carbonyl (C=O) groups is 1. The molecule has 10 heteroatoms. The predicted octanol–water partition coefficient (Wildman–Crippen LogP) is 6.64. The summed E-state index contributed by atoms with van der Waals surface area (Å²) in [5, 5.41) is 0. The average Bonchev–Trinajstić information content (AvgIpc) is 3.40. The molecule has 218 valence electrons. The monoisotopic (exact) mass is 587 g/mol. The van der Waals surface area contributed by atoms with Gasteiger partial charge in [-0.05, 0) is 90.9 Å². The van der Waals surface area contributed by atoms with E-state index in [-0.39, 0.29) is 30.1 Å². The van der Waals surface area contributed by atoms with Crippen LogP contribution < -0.4 is 4.74 Å². The molecule has 1 aliphatic heterocycles. The summed E-state index contributed by atoms with van der Waals surface area (Å²) in [5.74, 6) is -0.124. The molecule has 1 heterocycles. The van der Waals surface area contributed by atoms with E-state index in [1.54, 1.807) is 19.9 Å². The van der Waals surface area contributed by atoms with E-state index < -0.39 is 27.7 Å². The summed E-state index contributed by atoms with van der Waals surface area (Å²) >= 11 is 0. The lowest BCUT2D eigenvalue weighted by Crippen LogP contribution is -2.46. The van der Waals surface area contributed by atoms with Crippen molar-refractivity contribution in [3.8, 4) is 16.9 Å². The van der Waals surface area contributed by atoms with Crippen LogP contribution in [0.5, 0.6) is 5.75 Å². The topological polar surface area (TPSA) is 72.9 Å². The third-order valence-electron chi connectivity index (χ3n) is 8.02. The lowest BCUT2D eigenvalue weighted by molar-refractivity contribution is -0.145. The molecule has 1 fully saturated rings. The normalized spacial score (nSPS) is 16.9. The zero-order valence-corrected chi connectivity index (χ0v) is 23.8. The van der Waals surface area contributed by atoms with E-state index in [0.29, 0.717) is 29.0 Å². The molecule has 0 N–H and O–H groups in total. The van der Waals surface area contributed by atoms with E-state index in [9.17, 15) is 26.4 Å². The van der Waals surface area contributed by atoms with Crippen LogP contribution in [0.25, 0.3) is 11.1 Å². The van der Waals surface area contributed by atoms with Crippen molar-refractivity contribution >= 4 is 16.0 Å². The van der Waals surface area contributed by atoms with Crippen LogP contribution >= 0.6 is 0 Å². The second-order valence-electron chi connectivity index (χ2n) is 10.7. The number of benzene rings is 3. The quantitative estimate of drug-likeness (QED) is 0.290. The molecule has 6 nitrogen and oxygen atoms in total. The van der Waals surface area contributed by atoms with Crippen molar-refractivity contribution in [2.45, 2.75) is 62.6 Å². The van der Waals surface area contributed by atoms with Gasteiger partial charge in [0, 0.05) is 18.5 Å². The molecule has 0 atom stereocenters. The van der Waals surface area contributed by atoms with Crippen LogP contribution in [0.4, 0.5) is 13.2 Å². The summed E-state index contributed by atoms with van der Waals surface area (Å²) in [6.07, 6.45) is -0.813. The van der Waals surface area contributed by atoms with E-state index in [2.05, 4.69) is 0 Å². The zero-order chi connectivity index (χ0) is 29.4. The van der Waals surface area contributed by atoms with Gasteiger partial charge in [0.2, 0.25) is 10.0 Å². The number of hydrogen-bond donors (Lipinski definition) is 0. The van der Waals surface area contributed by atoms with Gasteiger partial charge in [0.25, 0.3) is 0 Å². The lowest BCUT2D eigenvalue weighted by atomic mass is 9.74. The van der Waals surface area contributed by atoms with Crippen molar-refractivity contribution < 1.29 is 35.9 Å². The Morgan fingerprint density at radius 1 is 1.00 bits per heavy atom. The van der Waals surface area contributed by atoms with Gasteiger partial charge in [-0.3, -0.25) is 0 Å². The van der Waals surface area contributed by atoms with Crippen LogP contribution in [-0.2, 0) is 37.7 Å². The fourth-order valence-corrected chi connectivity index (χ4v) is 7.64. The summed E-state index contributed by atoms with van der Waals surface area (Å²) in [4.78, 5) is 11.8. The second kappa shape index (κ2) is 11.1. The van der Waals surface area contributed by atoms with Crippen LogP contribution in [0.15, 0.2) is 65.6 Å². The highest BCUT2D eigenvalue weighted by atomic mass is 32.2. The molecule has 1 spiro atoms. The SMILES string of the molecule is CCOC(=O)COc1ccc(S(=O)(=O)N2Cc3cc(-c4cccc(C(F)(F)F)c4)ccc3C3(CCCC3)C2)cc1C. The highest BCUT2D eigenvalue weighted by Crippen LogP contribution is 2.48. The minimum atomic E-state index is -4.46. The first-order valence-electron chi connectivity index (χ1n) is 13.6. The van der Waals surface area contributed by atoms with E-state index in [0.717, 1.165) is 48.9 Å². The van der Waals surface area contributed by atoms with E-state index >= 15 is 0 Å². The number of ether oxygens (including phenoxy) is 2. The van der Waals surface area contributed by atoms with E-state index in [1.165, 1.54) is 28.6 Å². The summed E-state index contributed by atoms with van der Waals surface area (Å²) in [5.41, 5.74) is 2.42. The molecular weight excluding hydrogens is 555 g/mol. The maximum absolute atomic E-state index is 13.9. The molecule has 5 rings (SSSR count). The Hall–Kier alpha value is -3.37. The first-order valence-corrected chi connectivity index (χ1v) is 15.1. The van der Waals surface area contributed by atoms with Gasteiger partial charge in [0.05, 0.1) is 17.1 Å². The summed E-state index contributed by atoms with van der Waals surface area (Å²) in [6.45, 7) is 3.83. The van der Waals surface area contributed by atoms with E-state index in [1.807, 2.05) is 18.2 Å². The standard InChI is InChI=1S/C31H32F3NO5S/c1-3-39-29(36)19-40-28-12-10-26(15-21(28)2)41(37,38)35-18-24-16-23(22-7-6-8-25(17-22)31(32,33)34)9-11-27(24)30(20-35)13-4-5-14-30/h6-12,15-17H,3-5,13-14,18-20H2,1-2H3. The largest absolute Gasteiger partial charge is 0.482 e. The molecule has 0 aromatic heterocycles. The minimum Gasteiger partial charge on any atom is -0.482 e. The first-order chi connectivity index (χ1) is 19.4. The average molecular weight is 588 g/mol.